The minimum absolute atomic E-state index is 0.362. The van der Waals surface area contributed by atoms with E-state index in [2.05, 4.69) is 50.9 Å². The summed E-state index contributed by atoms with van der Waals surface area (Å²) < 4.78 is 7.11. The predicted octanol–water partition coefficient (Wildman–Crippen LogP) is 5.09. The van der Waals surface area contributed by atoms with Gasteiger partial charge in [0.05, 0.1) is 6.61 Å². The highest BCUT2D eigenvalue weighted by molar-refractivity contribution is 9.10. The van der Waals surface area contributed by atoms with Crippen LogP contribution in [0.1, 0.15) is 31.2 Å². The second-order valence-corrected chi connectivity index (χ2v) is 6.46. The van der Waals surface area contributed by atoms with Gasteiger partial charge in [-0.3, -0.25) is 0 Å². The molecule has 1 nitrogen and oxygen atoms in total. The zero-order valence-corrected chi connectivity index (χ0v) is 13.3. The first kappa shape index (κ1) is 13.4. The van der Waals surface area contributed by atoms with Crippen LogP contribution in [0.25, 0.3) is 0 Å². The maximum atomic E-state index is 5.97. The van der Waals surface area contributed by atoms with Gasteiger partial charge < -0.3 is 4.74 Å². The average molecular weight is 362 g/mol. The highest BCUT2D eigenvalue weighted by Crippen LogP contribution is 2.40. The summed E-state index contributed by atoms with van der Waals surface area (Å²) in [5, 5.41) is 1.05. The van der Waals surface area contributed by atoms with Crippen LogP contribution >= 0.6 is 31.9 Å². The van der Waals surface area contributed by atoms with Gasteiger partial charge in [0.15, 0.2) is 0 Å². The minimum Gasteiger partial charge on any atom is -0.493 e. The monoisotopic (exact) mass is 360 g/mol. The van der Waals surface area contributed by atoms with Crippen molar-refractivity contribution in [2.45, 2.75) is 32.6 Å². The van der Waals surface area contributed by atoms with E-state index >= 15 is 0 Å². The number of alkyl halides is 1. The molecule has 0 radical (unpaired) electrons. The molecule has 0 unspecified atom stereocenters. The van der Waals surface area contributed by atoms with Crippen LogP contribution in [0.15, 0.2) is 22.7 Å². The predicted molar refractivity (Wildman–Crippen MR) is 79.1 cm³/mol. The summed E-state index contributed by atoms with van der Waals surface area (Å²) >= 11 is 7.15. The van der Waals surface area contributed by atoms with Crippen LogP contribution < -0.4 is 4.74 Å². The van der Waals surface area contributed by atoms with Gasteiger partial charge in [0.25, 0.3) is 0 Å². The molecule has 0 bridgehead atoms. The molecule has 0 aliphatic heterocycles. The first-order valence-electron chi connectivity index (χ1n) is 6.10. The molecule has 1 aliphatic rings. The Labute approximate surface area is 120 Å². The van der Waals surface area contributed by atoms with Gasteiger partial charge >= 0.3 is 0 Å². The van der Waals surface area contributed by atoms with E-state index in [1.165, 1.54) is 31.2 Å². The van der Waals surface area contributed by atoms with Gasteiger partial charge in [0.1, 0.15) is 5.75 Å². The summed E-state index contributed by atoms with van der Waals surface area (Å²) in [6.45, 7) is 2.92. The van der Waals surface area contributed by atoms with Crippen LogP contribution in [0, 0.1) is 12.3 Å². The molecule has 1 aliphatic carbocycles. The Morgan fingerprint density at radius 2 is 2.00 bits per heavy atom. The normalized spacial score (nSPS) is 18.3. The van der Waals surface area contributed by atoms with Gasteiger partial charge in [0, 0.05) is 15.2 Å². The summed E-state index contributed by atoms with van der Waals surface area (Å²) in [5.41, 5.74) is 1.59. The molecule has 0 saturated heterocycles. The summed E-state index contributed by atoms with van der Waals surface area (Å²) in [6, 6.07) is 6.19. The van der Waals surface area contributed by atoms with Crippen molar-refractivity contribution in [1.29, 1.82) is 0 Å². The van der Waals surface area contributed by atoms with Crippen LogP contribution in [-0.2, 0) is 0 Å². The first-order chi connectivity index (χ1) is 8.15. The molecule has 3 heteroatoms. The van der Waals surface area contributed by atoms with E-state index in [0.29, 0.717) is 5.41 Å². The van der Waals surface area contributed by atoms with Crippen LogP contribution in [0.5, 0.6) is 5.75 Å². The fourth-order valence-electron chi connectivity index (χ4n) is 2.38. The largest absolute Gasteiger partial charge is 0.493 e. The van der Waals surface area contributed by atoms with Gasteiger partial charge in [-0.25, -0.2) is 0 Å². The molecule has 94 valence electrons. The number of aryl methyl sites for hydroxylation is 1. The maximum absolute atomic E-state index is 5.97. The molecular formula is C14H18Br2O. The third kappa shape index (κ3) is 3.25. The standard InChI is InChI=1S/C14H18Br2O/c1-11-8-12(4-5-13(11)16)17-10-14(9-15)6-2-3-7-14/h4-5,8H,2-3,6-7,9-10H2,1H3. The van der Waals surface area contributed by atoms with E-state index in [-0.39, 0.29) is 0 Å². The summed E-state index contributed by atoms with van der Waals surface area (Å²) in [6.07, 6.45) is 5.25. The summed E-state index contributed by atoms with van der Waals surface area (Å²) in [4.78, 5) is 0. The minimum atomic E-state index is 0.362. The lowest BCUT2D eigenvalue weighted by atomic mass is 9.90. The van der Waals surface area contributed by atoms with Crippen LogP contribution in [0.2, 0.25) is 0 Å². The number of benzene rings is 1. The van der Waals surface area contributed by atoms with Gasteiger partial charge in [0.2, 0.25) is 0 Å². The van der Waals surface area contributed by atoms with Gasteiger partial charge in [-0.2, -0.15) is 0 Å². The lowest BCUT2D eigenvalue weighted by Crippen LogP contribution is -2.27. The molecule has 0 amide bonds. The molecule has 1 aromatic carbocycles. The second kappa shape index (κ2) is 5.75. The van der Waals surface area contributed by atoms with Crippen molar-refractivity contribution in [3.63, 3.8) is 0 Å². The second-order valence-electron chi connectivity index (χ2n) is 5.04. The van der Waals surface area contributed by atoms with E-state index in [4.69, 9.17) is 4.74 Å². The maximum Gasteiger partial charge on any atom is 0.119 e. The molecular weight excluding hydrogens is 344 g/mol. The Kier molecular flexibility index (Phi) is 4.53. The molecule has 2 rings (SSSR count). The Balaban J connectivity index is 1.99. The molecule has 0 N–H and O–H groups in total. The number of rotatable bonds is 4. The van der Waals surface area contributed by atoms with Crippen LogP contribution in [0.4, 0.5) is 0 Å². The van der Waals surface area contributed by atoms with Crippen LogP contribution in [0.3, 0.4) is 0 Å². The van der Waals surface area contributed by atoms with Crippen molar-refractivity contribution < 1.29 is 4.74 Å². The van der Waals surface area contributed by atoms with E-state index in [0.717, 1.165) is 22.2 Å². The Hall–Kier alpha value is -0.0200. The number of ether oxygens (including phenoxy) is 1. The quantitative estimate of drug-likeness (QED) is 0.678. The van der Waals surface area contributed by atoms with Crippen LogP contribution in [-0.4, -0.2) is 11.9 Å². The van der Waals surface area contributed by atoms with E-state index < -0.39 is 0 Å². The van der Waals surface area contributed by atoms with Crippen molar-refractivity contribution in [2.24, 2.45) is 5.41 Å². The zero-order chi connectivity index (χ0) is 12.3. The number of hydrogen-bond donors (Lipinski definition) is 0. The highest BCUT2D eigenvalue weighted by atomic mass is 79.9. The third-order valence-corrected chi connectivity index (χ3v) is 5.70. The molecule has 1 aromatic rings. The highest BCUT2D eigenvalue weighted by Gasteiger charge is 2.33. The SMILES string of the molecule is Cc1cc(OCC2(CBr)CCCC2)ccc1Br. The van der Waals surface area contributed by atoms with Gasteiger partial charge in [-0.15, -0.1) is 0 Å². The molecule has 0 heterocycles. The van der Waals surface area contributed by atoms with E-state index in [1.54, 1.807) is 0 Å². The van der Waals surface area contributed by atoms with E-state index in [1.807, 2.05) is 6.07 Å². The molecule has 0 spiro atoms. The van der Waals surface area contributed by atoms with Crippen molar-refractivity contribution in [3.05, 3.63) is 28.2 Å². The first-order valence-corrected chi connectivity index (χ1v) is 8.02. The average Bonchev–Trinajstić information content (AvgIpc) is 2.80. The topological polar surface area (TPSA) is 9.23 Å². The Morgan fingerprint density at radius 3 is 2.59 bits per heavy atom. The summed E-state index contributed by atoms with van der Waals surface area (Å²) in [5.74, 6) is 0.984. The zero-order valence-electron chi connectivity index (χ0n) is 10.1. The third-order valence-electron chi connectivity index (χ3n) is 3.62. The molecule has 0 atom stereocenters. The van der Waals surface area contributed by atoms with Crippen molar-refractivity contribution >= 4 is 31.9 Å². The fraction of sp³-hybridized carbons (Fsp3) is 0.571. The van der Waals surface area contributed by atoms with Crippen molar-refractivity contribution in [3.8, 4) is 5.75 Å². The number of hydrogen-bond acceptors (Lipinski definition) is 1. The molecule has 1 saturated carbocycles. The van der Waals surface area contributed by atoms with Crippen molar-refractivity contribution in [1.82, 2.24) is 0 Å². The lowest BCUT2D eigenvalue weighted by Gasteiger charge is -2.26. The molecule has 0 aromatic heterocycles. The number of halogens is 2. The van der Waals surface area contributed by atoms with Gasteiger partial charge in [-0.1, -0.05) is 44.7 Å². The Bertz CT molecular complexity index is 384. The van der Waals surface area contributed by atoms with E-state index in [9.17, 15) is 0 Å². The smallest absolute Gasteiger partial charge is 0.119 e. The fourth-order valence-corrected chi connectivity index (χ4v) is 3.35. The van der Waals surface area contributed by atoms with Crippen molar-refractivity contribution in [2.75, 3.05) is 11.9 Å². The molecule has 1 fully saturated rings. The Morgan fingerprint density at radius 1 is 1.29 bits per heavy atom. The molecule has 17 heavy (non-hydrogen) atoms. The summed E-state index contributed by atoms with van der Waals surface area (Å²) in [7, 11) is 0. The van der Waals surface area contributed by atoms with Gasteiger partial charge in [-0.05, 0) is 43.5 Å². The lowest BCUT2D eigenvalue weighted by molar-refractivity contribution is 0.174.